The van der Waals surface area contributed by atoms with Crippen molar-refractivity contribution in [2.75, 3.05) is 7.05 Å². The number of rotatable bonds is 3. The van der Waals surface area contributed by atoms with E-state index in [-0.39, 0.29) is 22.5 Å². The van der Waals surface area contributed by atoms with Crippen molar-refractivity contribution in [3.8, 4) is 0 Å². The molecule has 2 aromatic rings. The van der Waals surface area contributed by atoms with E-state index in [4.69, 9.17) is 11.6 Å². The van der Waals surface area contributed by atoms with Crippen molar-refractivity contribution in [1.29, 1.82) is 0 Å². The summed E-state index contributed by atoms with van der Waals surface area (Å²) in [7, 11) is -2.38. The summed E-state index contributed by atoms with van der Waals surface area (Å²) in [5.74, 6) is -0.338. The second-order valence-corrected chi connectivity index (χ2v) is 7.75. The van der Waals surface area contributed by atoms with E-state index in [0.717, 1.165) is 11.1 Å². The third-order valence-electron chi connectivity index (χ3n) is 4.06. The van der Waals surface area contributed by atoms with Crippen LogP contribution >= 0.6 is 11.6 Å². The number of hydrogen-bond donors (Lipinski definition) is 1. The van der Waals surface area contributed by atoms with Crippen molar-refractivity contribution in [2.45, 2.75) is 23.9 Å². The van der Waals surface area contributed by atoms with Gasteiger partial charge in [-0.25, -0.2) is 13.4 Å². The molecule has 0 spiro atoms. The molecule has 1 aliphatic heterocycles. The smallest absolute Gasteiger partial charge is 0.245 e. The molecule has 2 heterocycles. The number of hydrogen-bond acceptors (Lipinski definition) is 4. The van der Waals surface area contributed by atoms with Crippen molar-refractivity contribution < 1.29 is 13.2 Å². The highest BCUT2D eigenvalue weighted by atomic mass is 35.5. The highest BCUT2D eigenvalue weighted by molar-refractivity contribution is 7.89. The third kappa shape index (κ3) is 3.02. The molecule has 1 aliphatic rings. The van der Waals surface area contributed by atoms with Gasteiger partial charge in [0.15, 0.2) is 0 Å². The Bertz CT molecular complexity index is 868. The summed E-state index contributed by atoms with van der Waals surface area (Å²) in [6.45, 7) is 0.138. The number of nitrogens with zero attached hydrogens (tertiary/aromatic N) is 2. The van der Waals surface area contributed by atoms with Crippen molar-refractivity contribution in [3.05, 3.63) is 58.9 Å². The molecule has 1 N–H and O–H groups in total. The van der Waals surface area contributed by atoms with E-state index in [0.29, 0.717) is 6.42 Å². The summed E-state index contributed by atoms with van der Waals surface area (Å²) in [5.41, 5.74) is 1.87. The molecule has 126 valence electrons. The molecule has 0 saturated heterocycles. The maximum atomic E-state index is 13.0. The predicted octanol–water partition coefficient (Wildman–Crippen LogP) is 1.60. The molecule has 6 nitrogen and oxygen atoms in total. The first-order valence-electron chi connectivity index (χ1n) is 7.35. The van der Waals surface area contributed by atoms with Gasteiger partial charge in [-0.3, -0.25) is 4.79 Å². The standard InChI is InChI=1S/C16H16ClN3O3S/c1-18-16(21)14-8-11-4-2-3-5-12(11)10-20(14)24(22,23)13-6-7-15(17)19-9-13/h2-7,9,14H,8,10H2,1H3,(H,18,21)/t14-/m0/s1. The first-order chi connectivity index (χ1) is 11.4. The zero-order chi connectivity index (χ0) is 17.3. The SMILES string of the molecule is CNC(=O)[C@@H]1Cc2ccccc2CN1S(=O)(=O)c1ccc(Cl)nc1. The number of amides is 1. The van der Waals surface area contributed by atoms with E-state index in [2.05, 4.69) is 10.3 Å². The number of pyridine rings is 1. The maximum Gasteiger partial charge on any atom is 0.245 e. The fourth-order valence-corrected chi connectivity index (χ4v) is 4.41. The number of carbonyl (C=O) groups excluding carboxylic acids is 1. The molecule has 3 rings (SSSR count). The zero-order valence-corrected chi connectivity index (χ0v) is 14.5. The van der Waals surface area contributed by atoms with Crippen LogP contribution in [0.4, 0.5) is 0 Å². The van der Waals surface area contributed by atoms with Crippen LogP contribution in [0.15, 0.2) is 47.5 Å². The van der Waals surface area contributed by atoms with Gasteiger partial charge in [-0.05, 0) is 29.7 Å². The Morgan fingerprint density at radius 2 is 1.96 bits per heavy atom. The predicted molar refractivity (Wildman–Crippen MR) is 90.0 cm³/mol. The summed E-state index contributed by atoms with van der Waals surface area (Å²) < 4.78 is 27.2. The third-order valence-corrected chi connectivity index (χ3v) is 6.12. The van der Waals surface area contributed by atoms with Crippen LogP contribution in [0.3, 0.4) is 0 Å². The number of sulfonamides is 1. The Balaban J connectivity index is 2.05. The maximum absolute atomic E-state index is 13.0. The van der Waals surface area contributed by atoms with Gasteiger partial charge in [0, 0.05) is 19.8 Å². The molecule has 0 saturated carbocycles. The molecule has 1 atom stereocenters. The van der Waals surface area contributed by atoms with Crippen LogP contribution in [-0.2, 0) is 27.8 Å². The Kier molecular flexibility index (Phi) is 4.58. The summed E-state index contributed by atoms with van der Waals surface area (Å²) in [5, 5.41) is 2.76. The Morgan fingerprint density at radius 1 is 1.25 bits per heavy atom. The number of aromatic nitrogens is 1. The van der Waals surface area contributed by atoms with Gasteiger partial charge in [-0.2, -0.15) is 4.31 Å². The summed E-state index contributed by atoms with van der Waals surface area (Å²) in [6.07, 6.45) is 1.54. The number of halogens is 1. The van der Waals surface area contributed by atoms with Crippen LogP contribution in [0.1, 0.15) is 11.1 Å². The lowest BCUT2D eigenvalue weighted by molar-refractivity contribution is -0.124. The van der Waals surface area contributed by atoms with Crippen LogP contribution in [0.2, 0.25) is 5.15 Å². The van der Waals surface area contributed by atoms with Crippen LogP contribution in [-0.4, -0.2) is 36.7 Å². The zero-order valence-electron chi connectivity index (χ0n) is 12.9. The molecule has 0 unspecified atom stereocenters. The largest absolute Gasteiger partial charge is 0.358 e. The van der Waals surface area contributed by atoms with Crippen LogP contribution in [0, 0.1) is 0 Å². The Labute approximate surface area is 145 Å². The van der Waals surface area contributed by atoms with E-state index in [1.807, 2.05) is 24.3 Å². The van der Waals surface area contributed by atoms with E-state index in [9.17, 15) is 13.2 Å². The average Bonchev–Trinajstić information content (AvgIpc) is 2.60. The summed E-state index contributed by atoms with van der Waals surface area (Å²) in [4.78, 5) is 16.1. The summed E-state index contributed by atoms with van der Waals surface area (Å²) >= 11 is 5.73. The normalized spacial score (nSPS) is 18.0. The lowest BCUT2D eigenvalue weighted by Gasteiger charge is -2.34. The minimum Gasteiger partial charge on any atom is -0.358 e. The number of benzene rings is 1. The molecule has 8 heteroatoms. The quantitative estimate of drug-likeness (QED) is 0.838. The first kappa shape index (κ1) is 16.9. The number of likely N-dealkylation sites (N-methyl/N-ethyl adjacent to an activating group) is 1. The van der Waals surface area contributed by atoms with Crippen molar-refractivity contribution in [2.24, 2.45) is 0 Å². The fraction of sp³-hybridized carbons (Fsp3) is 0.250. The van der Waals surface area contributed by atoms with Gasteiger partial charge in [0.2, 0.25) is 15.9 Å². The average molecular weight is 366 g/mol. The highest BCUT2D eigenvalue weighted by Crippen LogP contribution is 2.29. The lowest BCUT2D eigenvalue weighted by Crippen LogP contribution is -2.51. The van der Waals surface area contributed by atoms with E-state index in [1.165, 1.54) is 29.7 Å². The molecule has 0 radical (unpaired) electrons. The van der Waals surface area contributed by atoms with Gasteiger partial charge in [0.25, 0.3) is 0 Å². The minimum absolute atomic E-state index is 0.0141. The van der Waals surface area contributed by atoms with E-state index < -0.39 is 16.1 Å². The van der Waals surface area contributed by atoms with Crippen molar-refractivity contribution >= 4 is 27.5 Å². The minimum atomic E-state index is -3.87. The number of nitrogens with one attached hydrogen (secondary N) is 1. The van der Waals surface area contributed by atoms with Crippen LogP contribution in [0.5, 0.6) is 0 Å². The van der Waals surface area contributed by atoms with Gasteiger partial charge in [-0.1, -0.05) is 35.9 Å². The monoisotopic (exact) mass is 365 g/mol. The Hall–Kier alpha value is -1.96. The van der Waals surface area contributed by atoms with Gasteiger partial charge in [-0.15, -0.1) is 0 Å². The molecule has 0 bridgehead atoms. The van der Waals surface area contributed by atoms with Crippen molar-refractivity contribution in [1.82, 2.24) is 14.6 Å². The lowest BCUT2D eigenvalue weighted by atomic mass is 9.95. The Morgan fingerprint density at radius 3 is 2.58 bits per heavy atom. The molecular weight excluding hydrogens is 350 g/mol. The fourth-order valence-electron chi connectivity index (χ4n) is 2.79. The van der Waals surface area contributed by atoms with Gasteiger partial charge >= 0.3 is 0 Å². The van der Waals surface area contributed by atoms with Crippen molar-refractivity contribution in [3.63, 3.8) is 0 Å². The summed E-state index contributed by atoms with van der Waals surface area (Å²) in [6, 6.07) is 9.54. The van der Waals surface area contributed by atoms with Crippen LogP contribution < -0.4 is 5.32 Å². The van der Waals surface area contributed by atoms with Gasteiger partial charge < -0.3 is 5.32 Å². The van der Waals surface area contributed by atoms with Crippen LogP contribution in [0.25, 0.3) is 0 Å². The molecule has 0 fully saturated rings. The van der Waals surface area contributed by atoms with E-state index in [1.54, 1.807) is 0 Å². The number of carbonyl (C=O) groups is 1. The number of fused-ring (bicyclic) bond motifs is 1. The highest BCUT2D eigenvalue weighted by Gasteiger charge is 2.39. The topological polar surface area (TPSA) is 79.4 Å². The van der Waals surface area contributed by atoms with Gasteiger partial charge in [0.1, 0.15) is 16.1 Å². The second-order valence-electron chi connectivity index (χ2n) is 5.47. The molecule has 24 heavy (non-hydrogen) atoms. The molecule has 1 aromatic heterocycles. The second kappa shape index (κ2) is 6.51. The van der Waals surface area contributed by atoms with Gasteiger partial charge in [0.05, 0.1) is 0 Å². The molecule has 0 aliphatic carbocycles. The molecular formula is C16H16ClN3O3S. The molecule has 1 aromatic carbocycles. The first-order valence-corrected chi connectivity index (χ1v) is 9.17. The van der Waals surface area contributed by atoms with E-state index >= 15 is 0 Å². The molecule has 1 amide bonds.